The molecule has 0 aliphatic carbocycles. The lowest BCUT2D eigenvalue weighted by Gasteiger charge is -2.11. The molecule has 0 atom stereocenters. The molecule has 1 N–H and O–H groups in total. The number of carbonyl (C=O) groups is 2. The molecule has 0 unspecified atom stereocenters. The zero-order valence-electron chi connectivity index (χ0n) is 13.1. The average Bonchev–Trinajstić information content (AvgIpc) is 2.56. The molecule has 2 aromatic carbocycles. The van der Waals surface area contributed by atoms with Crippen LogP contribution in [-0.4, -0.2) is 18.3 Å². The molecule has 0 radical (unpaired) electrons. The molecule has 0 saturated carbocycles. The standard InChI is InChI=1S/C18H17Cl2NO3/c1-2-24-17-9-7-14(20)11-15(17)21-18(23)10-8-16(22)12-3-5-13(19)6-4-12/h3-7,9,11H,2,8,10H2,1H3,(H,21,23). The summed E-state index contributed by atoms with van der Waals surface area (Å²) in [5, 5.41) is 3.79. The lowest BCUT2D eigenvalue weighted by molar-refractivity contribution is -0.116. The van der Waals surface area contributed by atoms with Gasteiger partial charge in [-0.2, -0.15) is 0 Å². The van der Waals surface area contributed by atoms with Gasteiger partial charge in [-0.25, -0.2) is 0 Å². The van der Waals surface area contributed by atoms with Crippen LogP contribution in [0.3, 0.4) is 0 Å². The van der Waals surface area contributed by atoms with E-state index < -0.39 is 0 Å². The number of ether oxygens (including phenoxy) is 1. The van der Waals surface area contributed by atoms with Gasteiger partial charge in [0.15, 0.2) is 5.78 Å². The van der Waals surface area contributed by atoms with Crippen molar-refractivity contribution in [1.82, 2.24) is 0 Å². The van der Waals surface area contributed by atoms with Crippen LogP contribution < -0.4 is 10.1 Å². The molecule has 0 bridgehead atoms. The minimum atomic E-state index is -0.277. The van der Waals surface area contributed by atoms with E-state index in [4.69, 9.17) is 27.9 Å². The van der Waals surface area contributed by atoms with Gasteiger partial charge in [-0.15, -0.1) is 0 Å². The molecular formula is C18H17Cl2NO3. The van der Waals surface area contributed by atoms with Crippen molar-refractivity contribution < 1.29 is 14.3 Å². The van der Waals surface area contributed by atoms with E-state index in [1.807, 2.05) is 6.92 Å². The topological polar surface area (TPSA) is 55.4 Å². The number of halogens is 2. The van der Waals surface area contributed by atoms with Crippen LogP contribution in [0.25, 0.3) is 0 Å². The zero-order valence-corrected chi connectivity index (χ0v) is 14.7. The Bertz CT molecular complexity index is 730. The summed E-state index contributed by atoms with van der Waals surface area (Å²) in [5.74, 6) is 0.151. The van der Waals surface area contributed by atoms with Crippen LogP contribution >= 0.6 is 23.2 Å². The maximum Gasteiger partial charge on any atom is 0.224 e. The number of hydrogen-bond donors (Lipinski definition) is 1. The third kappa shape index (κ3) is 5.25. The van der Waals surface area contributed by atoms with Gasteiger partial charge in [-0.3, -0.25) is 9.59 Å². The van der Waals surface area contributed by atoms with Crippen molar-refractivity contribution in [1.29, 1.82) is 0 Å². The molecule has 0 aromatic heterocycles. The minimum Gasteiger partial charge on any atom is -0.492 e. The van der Waals surface area contributed by atoms with Crippen molar-refractivity contribution in [3.05, 3.63) is 58.1 Å². The average molecular weight is 366 g/mol. The first-order valence-corrected chi connectivity index (χ1v) is 8.26. The van der Waals surface area contributed by atoms with Crippen LogP contribution in [-0.2, 0) is 4.79 Å². The second kappa shape index (κ2) is 8.71. The molecule has 4 nitrogen and oxygen atoms in total. The molecule has 126 valence electrons. The quantitative estimate of drug-likeness (QED) is 0.702. The molecule has 0 heterocycles. The number of carbonyl (C=O) groups excluding carboxylic acids is 2. The van der Waals surface area contributed by atoms with Gasteiger partial charge >= 0.3 is 0 Å². The van der Waals surface area contributed by atoms with Crippen molar-refractivity contribution >= 4 is 40.6 Å². The summed E-state index contributed by atoms with van der Waals surface area (Å²) in [6.07, 6.45) is 0.178. The predicted octanol–water partition coefficient (Wildman–Crippen LogP) is 4.99. The first-order valence-electron chi connectivity index (χ1n) is 7.50. The van der Waals surface area contributed by atoms with Gasteiger partial charge in [0.25, 0.3) is 0 Å². The van der Waals surface area contributed by atoms with E-state index in [2.05, 4.69) is 5.32 Å². The van der Waals surface area contributed by atoms with Gasteiger partial charge in [0.05, 0.1) is 12.3 Å². The number of Topliss-reactive ketones (excluding diaryl/α,β-unsaturated/α-hetero) is 1. The molecule has 0 aliphatic rings. The van der Waals surface area contributed by atoms with Crippen molar-refractivity contribution in [2.24, 2.45) is 0 Å². The number of amides is 1. The van der Waals surface area contributed by atoms with Crippen LogP contribution in [0.2, 0.25) is 10.0 Å². The van der Waals surface area contributed by atoms with Gasteiger partial charge in [0.1, 0.15) is 5.75 Å². The highest BCUT2D eigenvalue weighted by atomic mass is 35.5. The molecule has 6 heteroatoms. The number of ketones is 1. The third-order valence-corrected chi connectivity index (χ3v) is 3.75. The Balaban J connectivity index is 1.95. The lowest BCUT2D eigenvalue weighted by atomic mass is 10.1. The van der Waals surface area contributed by atoms with E-state index in [1.165, 1.54) is 0 Å². The Morgan fingerprint density at radius 2 is 1.67 bits per heavy atom. The van der Waals surface area contributed by atoms with E-state index in [9.17, 15) is 9.59 Å². The molecule has 0 fully saturated rings. The number of hydrogen-bond acceptors (Lipinski definition) is 3. The highest BCUT2D eigenvalue weighted by molar-refractivity contribution is 6.31. The molecule has 0 saturated heterocycles. The van der Waals surface area contributed by atoms with Gasteiger partial charge in [0, 0.05) is 28.5 Å². The summed E-state index contributed by atoms with van der Waals surface area (Å²) < 4.78 is 5.45. The van der Waals surface area contributed by atoms with Crippen LogP contribution in [0.15, 0.2) is 42.5 Å². The highest BCUT2D eigenvalue weighted by Crippen LogP contribution is 2.28. The third-order valence-electron chi connectivity index (χ3n) is 3.26. The van der Waals surface area contributed by atoms with E-state index in [0.717, 1.165) is 0 Å². The van der Waals surface area contributed by atoms with Gasteiger partial charge in [0.2, 0.25) is 5.91 Å². The van der Waals surface area contributed by atoms with Crippen LogP contribution in [0.1, 0.15) is 30.1 Å². The number of anilines is 1. The van der Waals surface area contributed by atoms with E-state index in [-0.39, 0.29) is 24.5 Å². The monoisotopic (exact) mass is 365 g/mol. The van der Waals surface area contributed by atoms with E-state index in [0.29, 0.717) is 33.7 Å². The van der Waals surface area contributed by atoms with Crippen LogP contribution in [0, 0.1) is 0 Å². The fraction of sp³-hybridized carbons (Fsp3) is 0.222. The molecule has 1 amide bonds. The van der Waals surface area contributed by atoms with Gasteiger partial charge < -0.3 is 10.1 Å². The Labute approximate surface area is 150 Å². The van der Waals surface area contributed by atoms with Crippen LogP contribution in [0.4, 0.5) is 5.69 Å². The Morgan fingerprint density at radius 1 is 1.00 bits per heavy atom. The Hall–Kier alpha value is -2.04. The summed E-state index contributed by atoms with van der Waals surface area (Å²) >= 11 is 11.7. The smallest absolute Gasteiger partial charge is 0.224 e. The second-order valence-electron chi connectivity index (χ2n) is 5.05. The first-order chi connectivity index (χ1) is 11.5. The van der Waals surface area contributed by atoms with E-state index in [1.54, 1.807) is 42.5 Å². The Morgan fingerprint density at radius 3 is 2.33 bits per heavy atom. The number of benzene rings is 2. The summed E-state index contributed by atoms with van der Waals surface area (Å²) in [5.41, 5.74) is 1.03. The van der Waals surface area contributed by atoms with Crippen molar-refractivity contribution in [2.75, 3.05) is 11.9 Å². The molecule has 2 rings (SSSR count). The van der Waals surface area contributed by atoms with E-state index >= 15 is 0 Å². The number of rotatable bonds is 7. The highest BCUT2D eigenvalue weighted by Gasteiger charge is 2.12. The van der Waals surface area contributed by atoms with Gasteiger partial charge in [-0.05, 0) is 49.4 Å². The SMILES string of the molecule is CCOc1ccc(Cl)cc1NC(=O)CCC(=O)c1ccc(Cl)cc1. The fourth-order valence-electron chi connectivity index (χ4n) is 2.10. The normalized spacial score (nSPS) is 10.3. The predicted molar refractivity (Wildman–Crippen MR) is 96.3 cm³/mol. The summed E-state index contributed by atoms with van der Waals surface area (Å²) in [6.45, 7) is 2.32. The summed E-state index contributed by atoms with van der Waals surface area (Å²) in [7, 11) is 0. The molecular weight excluding hydrogens is 349 g/mol. The maximum atomic E-state index is 12.1. The maximum absolute atomic E-state index is 12.1. The number of nitrogens with one attached hydrogen (secondary N) is 1. The van der Waals surface area contributed by atoms with Crippen LogP contribution in [0.5, 0.6) is 5.75 Å². The minimum absolute atomic E-state index is 0.0690. The zero-order chi connectivity index (χ0) is 17.5. The molecule has 0 spiro atoms. The van der Waals surface area contributed by atoms with Gasteiger partial charge in [-0.1, -0.05) is 23.2 Å². The molecule has 0 aliphatic heterocycles. The summed E-state index contributed by atoms with van der Waals surface area (Å²) in [6, 6.07) is 11.6. The van der Waals surface area contributed by atoms with Crippen molar-refractivity contribution in [3.8, 4) is 5.75 Å². The van der Waals surface area contributed by atoms with Crippen molar-refractivity contribution in [2.45, 2.75) is 19.8 Å². The molecule has 2 aromatic rings. The first kappa shape index (κ1) is 18.3. The lowest BCUT2D eigenvalue weighted by Crippen LogP contribution is -2.14. The van der Waals surface area contributed by atoms with Crippen molar-refractivity contribution in [3.63, 3.8) is 0 Å². The molecule has 24 heavy (non-hydrogen) atoms. The summed E-state index contributed by atoms with van der Waals surface area (Å²) in [4.78, 5) is 24.2. The Kier molecular flexibility index (Phi) is 6.64. The largest absolute Gasteiger partial charge is 0.492 e. The fourth-order valence-corrected chi connectivity index (χ4v) is 2.40. The second-order valence-corrected chi connectivity index (χ2v) is 5.92.